The summed E-state index contributed by atoms with van der Waals surface area (Å²) in [5, 5.41) is 5.41. The summed E-state index contributed by atoms with van der Waals surface area (Å²) < 4.78 is 0. The second kappa shape index (κ2) is 6.83. The van der Waals surface area contributed by atoms with Crippen LogP contribution in [0.4, 0.5) is 0 Å². The van der Waals surface area contributed by atoms with Crippen LogP contribution in [-0.4, -0.2) is 23.0 Å². The number of nitrogens with zero attached hydrogens (tertiary/aromatic N) is 1. The third kappa shape index (κ3) is 6.12. The molecule has 0 saturated carbocycles. The van der Waals surface area contributed by atoms with Gasteiger partial charge in [-0.3, -0.25) is 4.99 Å². The van der Waals surface area contributed by atoms with Gasteiger partial charge in [-0.05, 0) is 31.1 Å². The fourth-order valence-electron chi connectivity index (χ4n) is 2.33. The van der Waals surface area contributed by atoms with Crippen molar-refractivity contribution in [3.63, 3.8) is 0 Å². The number of thioether (sulfide) groups is 1. The Bertz CT molecular complexity index is 281. The van der Waals surface area contributed by atoms with Crippen LogP contribution in [0.25, 0.3) is 0 Å². The molecule has 3 unspecified atom stereocenters. The van der Waals surface area contributed by atoms with E-state index in [1.807, 2.05) is 11.8 Å². The second-order valence-corrected chi connectivity index (χ2v) is 8.23. The van der Waals surface area contributed by atoms with Crippen molar-refractivity contribution in [3.05, 3.63) is 0 Å². The molecule has 0 aliphatic carbocycles. The zero-order chi connectivity index (χ0) is 13.8. The topological polar surface area (TPSA) is 24.4 Å². The van der Waals surface area contributed by atoms with Crippen LogP contribution in [0, 0.1) is 11.3 Å². The van der Waals surface area contributed by atoms with Gasteiger partial charge in [0.15, 0.2) is 5.17 Å². The smallest absolute Gasteiger partial charge is 0.157 e. The molecule has 1 rings (SSSR count). The molecule has 1 N–H and O–H groups in total. The highest BCUT2D eigenvalue weighted by Crippen LogP contribution is 2.31. The lowest BCUT2D eigenvalue weighted by Crippen LogP contribution is -2.31. The van der Waals surface area contributed by atoms with Crippen LogP contribution >= 0.6 is 11.8 Å². The highest BCUT2D eigenvalue weighted by Gasteiger charge is 2.25. The molecule has 0 amide bonds. The van der Waals surface area contributed by atoms with Crippen LogP contribution in [0.2, 0.25) is 0 Å². The van der Waals surface area contributed by atoms with Gasteiger partial charge in [0.25, 0.3) is 0 Å². The Labute approximate surface area is 117 Å². The molecule has 0 spiro atoms. The molecule has 3 atom stereocenters. The van der Waals surface area contributed by atoms with E-state index >= 15 is 0 Å². The largest absolute Gasteiger partial charge is 0.362 e. The van der Waals surface area contributed by atoms with E-state index in [1.165, 1.54) is 24.4 Å². The summed E-state index contributed by atoms with van der Waals surface area (Å²) in [7, 11) is 0. The molecule has 0 aromatic heterocycles. The maximum absolute atomic E-state index is 4.64. The third-order valence-corrected chi connectivity index (χ3v) is 4.50. The van der Waals surface area contributed by atoms with Crippen LogP contribution in [0.3, 0.4) is 0 Å². The summed E-state index contributed by atoms with van der Waals surface area (Å²) in [4.78, 5) is 4.64. The van der Waals surface area contributed by atoms with Crippen LogP contribution < -0.4 is 5.32 Å². The van der Waals surface area contributed by atoms with Crippen molar-refractivity contribution in [1.29, 1.82) is 0 Å². The number of aliphatic imine (C=N–C) groups is 1. The molecule has 0 aromatic carbocycles. The first kappa shape index (κ1) is 15.9. The summed E-state index contributed by atoms with van der Waals surface area (Å²) in [5.74, 6) is 0.796. The Hall–Kier alpha value is -0.180. The van der Waals surface area contributed by atoms with Gasteiger partial charge < -0.3 is 5.32 Å². The highest BCUT2D eigenvalue weighted by atomic mass is 32.2. The standard InChI is InChI=1S/C15H30N2S/c1-7-11(2)8-12(3)17-14-16-10-13(18-14)9-15(4,5)6/h11-13H,7-10H2,1-6H3,(H,16,17). The zero-order valence-corrected chi connectivity index (χ0v) is 13.7. The van der Waals surface area contributed by atoms with Gasteiger partial charge in [0, 0.05) is 11.3 Å². The predicted molar refractivity (Wildman–Crippen MR) is 84.4 cm³/mol. The van der Waals surface area contributed by atoms with Crippen molar-refractivity contribution in [1.82, 2.24) is 5.32 Å². The molecule has 1 aliphatic rings. The average molecular weight is 270 g/mol. The molecule has 1 heterocycles. The minimum atomic E-state index is 0.408. The van der Waals surface area contributed by atoms with Crippen LogP contribution in [-0.2, 0) is 0 Å². The fourth-order valence-corrected chi connectivity index (χ4v) is 3.79. The van der Waals surface area contributed by atoms with E-state index in [1.54, 1.807) is 0 Å². The Balaban J connectivity index is 2.29. The van der Waals surface area contributed by atoms with Crippen LogP contribution in [0.5, 0.6) is 0 Å². The van der Waals surface area contributed by atoms with Gasteiger partial charge in [-0.15, -0.1) is 0 Å². The first-order valence-corrected chi connectivity index (χ1v) is 8.15. The second-order valence-electron chi connectivity index (χ2n) is 6.94. The Morgan fingerprint density at radius 3 is 2.61 bits per heavy atom. The van der Waals surface area contributed by atoms with E-state index in [-0.39, 0.29) is 0 Å². The van der Waals surface area contributed by atoms with E-state index in [2.05, 4.69) is 51.9 Å². The van der Waals surface area contributed by atoms with Crippen molar-refractivity contribution in [2.45, 2.75) is 72.1 Å². The molecular formula is C15H30N2S. The summed E-state index contributed by atoms with van der Waals surface area (Å²) in [5.41, 5.74) is 0.408. The minimum Gasteiger partial charge on any atom is -0.362 e. The van der Waals surface area contributed by atoms with Crippen molar-refractivity contribution >= 4 is 16.9 Å². The molecule has 1 aliphatic heterocycles. The third-order valence-electron chi connectivity index (χ3n) is 3.38. The van der Waals surface area contributed by atoms with Gasteiger partial charge >= 0.3 is 0 Å². The van der Waals surface area contributed by atoms with Gasteiger partial charge in [-0.1, -0.05) is 52.8 Å². The summed E-state index contributed by atoms with van der Waals surface area (Å²) >= 11 is 1.94. The molecule has 0 radical (unpaired) electrons. The maximum atomic E-state index is 4.64. The SMILES string of the molecule is CCC(C)CC(C)NC1=NCC(CC(C)(C)C)S1. The van der Waals surface area contributed by atoms with E-state index < -0.39 is 0 Å². The first-order chi connectivity index (χ1) is 8.30. The molecule has 0 bridgehead atoms. The number of rotatable bonds is 5. The zero-order valence-electron chi connectivity index (χ0n) is 12.9. The summed E-state index contributed by atoms with van der Waals surface area (Å²) in [6, 6.07) is 0.541. The molecule has 106 valence electrons. The molecule has 3 heteroatoms. The predicted octanol–water partition coefficient (Wildman–Crippen LogP) is 4.31. The van der Waals surface area contributed by atoms with Crippen molar-refractivity contribution in [2.75, 3.05) is 6.54 Å². The van der Waals surface area contributed by atoms with Crippen molar-refractivity contribution in [3.8, 4) is 0 Å². The summed E-state index contributed by atoms with van der Waals surface area (Å²) in [6.45, 7) is 14.8. The fraction of sp³-hybridized carbons (Fsp3) is 0.933. The quantitative estimate of drug-likeness (QED) is 0.805. The van der Waals surface area contributed by atoms with Gasteiger partial charge in [0.2, 0.25) is 0 Å². The van der Waals surface area contributed by atoms with Gasteiger partial charge in [-0.25, -0.2) is 0 Å². The van der Waals surface area contributed by atoms with Crippen LogP contribution in [0.15, 0.2) is 4.99 Å². The monoisotopic (exact) mass is 270 g/mol. The van der Waals surface area contributed by atoms with Crippen molar-refractivity contribution in [2.24, 2.45) is 16.3 Å². The minimum absolute atomic E-state index is 0.408. The average Bonchev–Trinajstić information content (AvgIpc) is 2.62. The molecular weight excluding hydrogens is 240 g/mol. The molecule has 0 saturated heterocycles. The highest BCUT2D eigenvalue weighted by molar-refractivity contribution is 8.14. The Morgan fingerprint density at radius 1 is 1.39 bits per heavy atom. The van der Waals surface area contributed by atoms with Crippen LogP contribution in [0.1, 0.15) is 60.8 Å². The Morgan fingerprint density at radius 2 is 2.06 bits per heavy atom. The van der Waals surface area contributed by atoms with E-state index in [9.17, 15) is 0 Å². The van der Waals surface area contributed by atoms with Gasteiger partial charge in [-0.2, -0.15) is 0 Å². The number of hydrogen-bond donors (Lipinski definition) is 1. The maximum Gasteiger partial charge on any atom is 0.157 e. The molecule has 0 aromatic rings. The van der Waals surface area contributed by atoms with E-state index in [4.69, 9.17) is 0 Å². The lowest BCUT2D eigenvalue weighted by Gasteiger charge is -2.22. The van der Waals surface area contributed by atoms with E-state index in [0.29, 0.717) is 16.7 Å². The molecule has 18 heavy (non-hydrogen) atoms. The lowest BCUT2D eigenvalue weighted by atomic mass is 9.90. The van der Waals surface area contributed by atoms with Gasteiger partial charge in [0.05, 0.1) is 6.54 Å². The lowest BCUT2D eigenvalue weighted by molar-refractivity contribution is 0.375. The first-order valence-electron chi connectivity index (χ1n) is 7.27. The van der Waals surface area contributed by atoms with E-state index in [0.717, 1.165) is 12.5 Å². The molecule has 0 fully saturated rings. The normalized spacial score (nSPS) is 23.7. The number of nitrogens with one attached hydrogen (secondary N) is 1. The molecule has 2 nitrogen and oxygen atoms in total. The Kier molecular flexibility index (Phi) is 6.03. The number of hydrogen-bond acceptors (Lipinski definition) is 3. The number of amidine groups is 1. The summed E-state index contributed by atoms with van der Waals surface area (Å²) in [6.07, 6.45) is 3.74. The van der Waals surface area contributed by atoms with Crippen molar-refractivity contribution < 1.29 is 0 Å². The van der Waals surface area contributed by atoms with Gasteiger partial charge in [0.1, 0.15) is 0 Å².